The lowest BCUT2D eigenvalue weighted by Gasteiger charge is -2.48. The van der Waals surface area contributed by atoms with Crippen LogP contribution >= 0.6 is 24.8 Å². The third-order valence-corrected chi connectivity index (χ3v) is 11.9. The van der Waals surface area contributed by atoms with E-state index in [1.54, 1.807) is 7.11 Å². The second-order valence-corrected chi connectivity index (χ2v) is 15.8. The van der Waals surface area contributed by atoms with E-state index in [1.807, 2.05) is 12.1 Å². The number of nitrogens with zero attached hydrogens (tertiary/aromatic N) is 2. The first-order chi connectivity index (χ1) is 23.0. The summed E-state index contributed by atoms with van der Waals surface area (Å²) in [6.45, 7) is 11.7. The van der Waals surface area contributed by atoms with Crippen LogP contribution in [0.3, 0.4) is 0 Å². The molecule has 0 aromatic heterocycles. The highest BCUT2D eigenvalue weighted by molar-refractivity contribution is 5.85. The molecule has 2 saturated heterocycles. The average Bonchev–Trinajstić information content (AvgIpc) is 3.05. The summed E-state index contributed by atoms with van der Waals surface area (Å²) in [6.07, 6.45) is 5.19. The maximum absolute atomic E-state index is 14.5. The molecule has 0 radical (unpaired) electrons. The van der Waals surface area contributed by atoms with Gasteiger partial charge in [-0.25, -0.2) is 0 Å². The summed E-state index contributed by atoms with van der Waals surface area (Å²) >= 11 is 0. The Kier molecular flexibility index (Phi) is 14.2. The Bertz CT molecular complexity index is 1380. The highest BCUT2D eigenvalue weighted by Crippen LogP contribution is 2.54. The van der Waals surface area contributed by atoms with E-state index in [-0.39, 0.29) is 55.2 Å². The third-order valence-electron chi connectivity index (χ3n) is 11.9. The van der Waals surface area contributed by atoms with Crippen LogP contribution in [0.25, 0.3) is 5.57 Å². The van der Waals surface area contributed by atoms with Crippen LogP contribution in [0.15, 0.2) is 54.6 Å². The fourth-order valence-electron chi connectivity index (χ4n) is 8.83. The SMILES string of the molecule is COc1ccc([C@]2(CCN(Cc3ccc(C4=CCC(CN5CCNCC5)CC4)cc3)CC3(C(F)(F)F)CCC3)CCOC(C)(C)C2)cc1.Cl.Cl. The van der Waals surface area contributed by atoms with Crippen LogP contribution < -0.4 is 10.1 Å². The second-order valence-electron chi connectivity index (χ2n) is 15.8. The van der Waals surface area contributed by atoms with Crippen molar-refractivity contribution in [2.75, 3.05) is 59.5 Å². The van der Waals surface area contributed by atoms with E-state index in [9.17, 15) is 13.2 Å². The molecule has 2 aromatic carbocycles. The molecule has 5 nitrogen and oxygen atoms in total. The summed E-state index contributed by atoms with van der Waals surface area (Å²) in [5.74, 6) is 1.52. The van der Waals surface area contributed by atoms with Crippen molar-refractivity contribution in [3.8, 4) is 5.75 Å². The van der Waals surface area contributed by atoms with Crippen LogP contribution in [0.1, 0.15) is 88.3 Å². The van der Waals surface area contributed by atoms with Crippen molar-refractivity contribution in [1.82, 2.24) is 15.1 Å². The number of alkyl halides is 3. The number of methoxy groups -OCH3 is 1. The normalized spacial score (nSPS) is 25.1. The van der Waals surface area contributed by atoms with Gasteiger partial charge in [0.25, 0.3) is 0 Å². The molecule has 1 saturated carbocycles. The minimum absolute atomic E-state index is 0. The van der Waals surface area contributed by atoms with Crippen molar-refractivity contribution >= 4 is 30.4 Å². The predicted octanol–water partition coefficient (Wildman–Crippen LogP) is 9.08. The van der Waals surface area contributed by atoms with Gasteiger partial charge >= 0.3 is 6.18 Å². The lowest BCUT2D eigenvalue weighted by atomic mass is 9.66. The first-order valence-electron chi connectivity index (χ1n) is 18.3. The van der Waals surface area contributed by atoms with Gasteiger partial charge in [0, 0.05) is 57.8 Å². The zero-order chi connectivity index (χ0) is 33.8. The van der Waals surface area contributed by atoms with Gasteiger partial charge in [0.05, 0.1) is 18.1 Å². The zero-order valence-electron chi connectivity index (χ0n) is 30.2. The van der Waals surface area contributed by atoms with Crippen molar-refractivity contribution in [2.45, 2.75) is 95.4 Å². The Morgan fingerprint density at radius 3 is 2.24 bits per heavy atom. The van der Waals surface area contributed by atoms with Crippen molar-refractivity contribution in [2.24, 2.45) is 11.3 Å². The van der Waals surface area contributed by atoms with Crippen molar-refractivity contribution in [3.05, 3.63) is 71.3 Å². The molecule has 2 aliphatic carbocycles. The monoisotopic (exact) mass is 739 g/mol. The van der Waals surface area contributed by atoms with E-state index in [0.29, 0.717) is 26.1 Å². The standard InChI is InChI=1S/C40H56F3N3O2.2ClH/c1-37(2)29-38(20-26-48-37,35-13-15-36(47-3)16-14-35)19-23-46(30-39(17-4-18-39)40(41,42)43)28-32-7-11-34(12-8-32)33-9-5-31(6-10-33)27-45-24-21-44-22-25-45;;/h7-9,11-16,31,44H,4-6,10,17-30H2,1-3H3;2*1H/t31?,38-;;/m1../s1. The van der Waals surface area contributed by atoms with Gasteiger partial charge in [0.1, 0.15) is 5.75 Å². The summed E-state index contributed by atoms with van der Waals surface area (Å²) in [5.41, 5.74) is 2.85. The Hall–Kier alpha value is -1.81. The number of rotatable bonds is 12. The van der Waals surface area contributed by atoms with E-state index in [2.05, 4.69) is 71.4 Å². The maximum Gasteiger partial charge on any atom is 0.395 e. The smallest absolute Gasteiger partial charge is 0.395 e. The number of benzene rings is 2. The van der Waals surface area contributed by atoms with Crippen LogP contribution in [0.2, 0.25) is 0 Å². The molecule has 50 heavy (non-hydrogen) atoms. The summed E-state index contributed by atoms with van der Waals surface area (Å²) in [7, 11) is 1.67. The number of ether oxygens (including phenoxy) is 2. The minimum Gasteiger partial charge on any atom is -0.497 e. The Morgan fingerprint density at radius 1 is 0.980 bits per heavy atom. The maximum atomic E-state index is 14.5. The van der Waals surface area contributed by atoms with Crippen molar-refractivity contribution in [1.29, 1.82) is 0 Å². The topological polar surface area (TPSA) is 37.0 Å². The largest absolute Gasteiger partial charge is 0.497 e. The molecule has 2 heterocycles. The van der Waals surface area contributed by atoms with Gasteiger partial charge < -0.3 is 19.7 Å². The molecule has 2 aliphatic heterocycles. The van der Waals surface area contributed by atoms with Crippen LogP contribution in [0, 0.1) is 11.3 Å². The average molecular weight is 741 g/mol. The molecule has 2 atom stereocenters. The fraction of sp³-hybridized carbons (Fsp3) is 0.650. The predicted molar refractivity (Wildman–Crippen MR) is 202 cm³/mol. The molecule has 4 aliphatic rings. The molecular weight excluding hydrogens is 682 g/mol. The van der Waals surface area contributed by atoms with Gasteiger partial charge in [-0.05, 0) is 112 Å². The Balaban J connectivity index is 0.00000281. The number of piperazine rings is 1. The lowest BCUT2D eigenvalue weighted by Crippen LogP contribution is -2.52. The number of allylic oxidation sites excluding steroid dienone is 2. The second kappa shape index (κ2) is 17.3. The van der Waals surface area contributed by atoms with Crippen molar-refractivity contribution < 1.29 is 22.6 Å². The molecule has 1 N–H and O–H groups in total. The quantitative estimate of drug-likeness (QED) is 0.235. The highest BCUT2D eigenvalue weighted by atomic mass is 35.5. The first kappa shape index (κ1) is 41.0. The lowest BCUT2D eigenvalue weighted by molar-refractivity contribution is -0.256. The van der Waals surface area contributed by atoms with Crippen LogP contribution in [-0.2, 0) is 16.7 Å². The molecule has 0 spiro atoms. The molecule has 0 bridgehead atoms. The number of hydrogen-bond acceptors (Lipinski definition) is 5. The highest BCUT2D eigenvalue weighted by Gasteiger charge is 2.58. The number of nitrogens with one attached hydrogen (secondary N) is 1. The summed E-state index contributed by atoms with van der Waals surface area (Å²) in [5, 5.41) is 3.44. The molecule has 0 amide bonds. The van der Waals surface area contributed by atoms with Gasteiger partial charge in [0.15, 0.2) is 0 Å². The molecule has 2 aromatic rings. The van der Waals surface area contributed by atoms with Crippen LogP contribution in [-0.4, -0.2) is 81.1 Å². The summed E-state index contributed by atoms with van der Waals surface area (Å²) < 4.78 is 55.1. The fourth-order valence-corrected chi connectivity index (χ4v) is 8.83. The molecule has 10 heteroatoms. The molecule has 3 fully saturated rings. The van der Waals surface area contributed by atoms with E-state index >= 15 is 0 Å². The molecule has 280 valence electrons. The number of halogens is 5. The van der Waals surface area contributed by atoms with Crippen molar-refractivity contribution in [3.63, 3.8) is 0 Å². The van der Waals surface area contributed by atoms with Crippen LogP contribution in [0.5, 0.6) is 5.75 Å². The Labute approximate surface area is 310 Å². The summed E-state index contributed by atoms with van der Waals surface area (Å²) in [4.78, 5) is 4.70. The van der Waals surface area contributed by atoms with Crippen LogP contribution in [0.4, 0.5) is 13.2 Å². The van der Waals surface area contributed by atoms with E-state index in [1.165, 1.54) is 29.7 Å². The molecule has 1 unspecified atom stereocenters. The minimum atomic E-state index is -4.20. The van der Waals surface area contributed by atoms with Gasteiger partial charge in [0.2, 0.25) is 0 Å². The van der Waals surface area contributed by atoms with E-state index in [4.69, 9.17) is 9.47 Å². The Morgan fingerprint density at radius 2 is 1.68 bits per heavy atom. The van der Waals surface area contributed by atoms with Gasteiger partial charge in [-0.2, -0.15) is 13.2 Å². The molecule has 6 rings (SSSR count). The first-order valence-corrected chi connectivity index (χ1v) is 18.3. The molecular formula is C40H58Cl2F3N3O2. The summed E-state index contributed by atoms with van der Waals surface area (Å²) in [6, 6.07) is 17.0. The zero-order valence-corrected chi connectivity index (χ0v) is 31.8. The van der Waals surface area contributed by atoms with Gasteiger partial charge in [-0.15, -0.1) is 24.8 Å². The van der Waals surface area contributed by atoms with E-state index < -0.39 is 11.6 Å². The number of hydrogen-bond donors (Lipinski definition) is 1. The van der Waals surface area contributed by atoms with Gasteiger partial charge in [-0.3, -0.25) is 4.90 Å². The third kappa shape index (κ3) is 9.78. The van der Waals surface area contributed by atoms with E-state index in [0.717, 1.165) is 75.5 Å². The van der Waals surface area contributed by atoms with Gasteiger partial charge in [-0.1, -0.05) is 48.9 Å².